The monoisotopic (exact) mass is 602 g/mol. The van der Waals surface area contributed by atoms with Crippen molar-refractivity contribution in [3.63, 3.8) is 0 Å². The van der Waals surface area contributed by atoms with Gasteiger partial charge in [0.25, 0.3) is 0 Å². The fourth-order valence-corrected chi connectivity index (χ4v) is 7.55. The Morgan fingerprint density at radius 1 is 0.545 bits per heavy atom. The van der Waals surface area contributed by atoms with Gasteiger partial charge < -0.3 is 9.47 Å². The van der Waals surface area contributed by atoms with Gasteiger partial charge in [0.1, 0.15) is 17.3 Å². The summed E-state index contributed by atoms with van der Waals surface area (Å²) in [5.74, 6) is 5.65. The molecular formula is C41H62O3. The largest absolute Gasteiger partial charge is 0.494 e. The Kier molecular flexibility index (Phi) is 15.7. The minimum atomic E-state index is 0.502. The Hall–Kier alpha value is -2.29. The molecule has 2 aliphatic carbocycles. The number of ketones is 1. The van der Waals surface area contributed by atoms with E-state index in [2.05, 4.69) is 62.4 Å². The van der Waals surface area contributed by atoms with Gasteiger partial charge in [-0.25, -0.2) is 0 Å². The minimum absolute atomic E-state index is 0.502. The highest BCUT2D eigenvalue weighted by Crippen LogP contribution is 2.39. The molecule has 0 unspecified atom stereocenters. The summed E-state index contributed by atoms with van der Waals surface area (Å²) in [5, 5.41) is 0. The number of hydrogen-bond donors (Lipinski definition) is 0. The van der Waals surface area contributed by atoms with Crippen molar-refractivity contribution < 1.29 is 14.3 Å². The van der Waals surface area contributed by atoms with Crippen LogP contribution in [0.3, 0.4) is 0 Å². The van der Waals surface area contributed by atoms with Gasteiger partial charge in [0.15, 0.2) is 0 Å². The third-order valence-electron chi connectivity index (χ3n) is 10.6. The van der Waals surface area contributed by atoms with Crippen molar-refractivity contribution in [2.75, 3.05) is 13.2 Å². The lowest BCUT2D eigenvalue weighted by atomic mass is 9.77. The van der Waals surface area contributed by atoms with E-state index in [0.717, 1.165) is 75.1 Å². The zero-order chi connectivity index (χ0) is 30.8. The molecule has 244 valence electrons. The first kappa shape index (κ1) is 34.6. The predicted molar refractivity (Wildman–Crippen MR) is 185 cm³/mol. The van der Waals surface area contributed by atoms with Crippen molar-refractivity contribution in [1.82, 2.24) is 0 Å². The predicted octanol–water partition coefficient (Wildman–Crippen LogP) is 12.0. The summed E-state index contributed by atoms with van der Waals surface area (Å²) in [4.78, 5) is 12.5. The maximum Gasteiger partial charge on any atom is 0.132 e. The topological polar surface area (TPSA) is 35.5 Å². The summed E-state index contributed by atoms with van der Waals surface area (Å²) in [6.45, 7) is 6.04. The van der Waals surface area contributed by atoms with Gasteiger partial charge in [-0.15, -0.1) is 0 Å². The highest BCUT2D eigenvalue weighted by atomic mass is 16.5. The van der Waals surface area contributed by atoms with Gasteiger partial charge in [0.2, 0.25) is 0 Å². The molecule has 0 N–H and O–H groups in total. The van der Waals surface area contributed by atoms with Crippen LogP contribution in [0.4, 0.5) is 0 Å². The zero-order valence-corrected chi connectivity index (χ0v) is 28.2. The summed E-state index contributed by atoms with van der Waals surface area (Å²) in [6, 6.07) is 17.8. The molecule has 0 spiro atoms. The maximum atomic E-state index is 12.5. The molecule has 2 fully saturated rings. The molecule has 0 aliphatic heterocycles. The van der Waals surface area contributed by atoms with Crippen LogP contribution in [0.5, 0.6) is 11.5 Å². The number of ether oxygens (including phenoxy) is 2. The molecule has 0 saturated heterocycles. The van der Waals surface area contributed by atoms with E-state index in [0.29, 0.717) is 17.6 Å². The van der Waals surface area contributed by atoms with Gasteiger partial charge in [-0.1, -0.05) is 76.6 Å². The molecule has 3 nitrogen and oxygen atoms in total. The van der Waals surface area contributed by atoms with Gasteiger partial charge in [-0.05, 0) is 136 Å². The lowest BCUT2D eigenvalue weighted by Crippen LogP contribution is -2.13. The molecule has 0 atom stereocenters. The van der Waals surface area contributed by atoms with Crippen LogP contribution in [-0.4, -0.2) is 19.0 Å². The molecule has 0 radical (unpaired) electrons. The second kappa shape index (κ2) is 20.0. The Balaban J connectivity index is 0.985. The molecule has 4 rings (SSSR count). The normalized spacial score (nSPS) is 22.0. The van der Waals surface area contributed by atoms with Gasteiger partial charge in [0.05, 0.1) is 13.2 Å². The van der Waals surface area contributed by atoms with E-state index >= 15 is 0 Å². The van der Waals surface area contributed by atoms with E-state index in [1.807, 2.05) is 0 Å². The summed E-state index contributed by atoms with van der Waals surface area (Å²) in [7, 11) is 0. The van der Waals surface area contributed by atoms with Gasteiger partial charge in [-0.2, -0.15) is 0 Å². The molecule has 2 aromatic rings. The summed E-state index contributed by atoms with van der Waals surface area (Å²) in [6.07, 6.45) is 24.0. The molecule has 0 aromatic heterocycles. The van der Waals surface area contributed by atoms with Crippen molar-refractivity contribution >= 4 is 5.78 Å². The lowest BCUT2D eigenvalue weighted by molar-refractivity contribution is -0.119. The Bertz CT molecular complexity index is 943. The molecule has 3 heteroatoms. The lowest BCUT2D eigenvalue weighted by Gasteiger charge is -2.29. The van der Waals surface area contributed by atoms with Crippen LogP contribution in [0.2, 0.25) is 0 Å². The van der Waals surface area contributed by atoms with Crippen molar-refractivity contribution in [2.45, 2.75) is 154 Å². The number of carbonyl (C=O) groups excluding carboxylic acids is 1. The number of rotatable bonds is 20. The number of benzene rings is 2. The SMILES string of the molecule is CCCCOc1ccc(C2CCC(CCCCC(=O)CCCCC3CCC(c4ccc(OCCCC)cc4)CC3)CC2)cc1. The van der Waals surface area contributed by atoms with Gasteiger partial charge in [0, 0.05) is 12.8 Å². The minimum Gasteiger partial charge on any atom is -0.494 e. The summed E-state index contributed by atoms with van der Waals surface area (Å²) < 4.78 is 11.7. The Morgan fingerprint density at radius 3 is 1.30 bits per heavy atom. The van der Waals surface area contributed by atoms with Crippen molar-refractivity contribution in [3.8, 4) is 11.5 Å². The summed E-state index contributed by atoms with van der Waals surface area (Å²) >= 11 is 0. The van der Waals surface area contributed by atoms with Crippen LogP contribution in [0.1, 0.15) is 165 Å². The third kappa shape index (κ3) is 12.2. The van der Waals surface area contributed by atoms with E-state index < -0.39 is 0 Å². The Morgan fingerprint density at radius 2 is 0.932 bits per heavy atom. The molecular weight excluding hydrogens is 540 g/mol. The molecule has 0 bridgehead atoms. The van der Waals surface area contributed by atoms with E-state index in [1.165, 1.54) is 101 Å². The molecule has 2 aliphatic rings. The number of carbonyl (C=O) groups is 1. The van der Waals surface area contributed by atoms with E-state index in [9.17, 15) is 4.79 Å². The van der Waals surface area contributed by atoms with Gasteiger partial charge >= 0.3 is 0 Å². The van der Waals surface area contributed by atoms with Crippen molar-refractivity contribution in [3.05, 3.63) is 59.7 Å². The highest BCUT2D eigenvalue weighted by Gasteiger charge is 2.23. The molecule has 0 heterocycles. The van der Waals surface area contributed by atoms with Crippen LogP contribution in [0.15, 0.2) is 48.5 Å². The Labute approximate surface area is 269 Å². The van der Waals surface area contributed by atoms with E-state index in [4.69, 9.17) is 9.47 Å². The standard InChI is InChI=1S/C41H62O3/c1-3-5-31-43-40-27-23-37(24-28-40)35-19-15-33(16-20-35)11-7-9-13-39(42)14-10-8-12-34-17-21-36(22-18-34)38-25-29-41(30-26-38)44-32-6-4-2/h23-30,33-36H,3-22,31-32H2,1-2H3. The second-order valence-corrected chi connectivity index (χ2v) is 14.0. The third-order valence-corrected chi connectivity index (χ3v) is 10.6. The fraction of sp³-hybridized carbons (Fsp3) is 0.683. The van der Waals surface area contributed by atoms with Crippen LogP contribution in [0.25, 0.3) is 0 Å². The maximum absolute atomic E-state index is 12.5. The first-order valence-electron chi connectivity index (χ1n) is 18.6. The van der Waals surface area contributed by atoms with Gasteiger partial charge in [-0.3, -0.25) is 4.79 Å². The number of unbranched alkanes of at least 4 members (excludes halogenated alkanes) is 4. The second-order valence-electron chi connectivity index (χ2n) is 14.0. The first-order valence-corrected chi connectivity index (χ1v) is 18.6. The quantitative estimate of drug-likeness (QED) is 0.141. The first-order chi connectivity index (χ1) is 21.6. The fourth-order valence-electron chi connectivity index (χ4n) is 7.55. The molecule has 2 saturated carbocycles. The van der Waals surface area contributed by atoms with E-state index in [-0.39, 0.29) is 0 Å². The smallest absolute Gasteiger partial charge is 0.132 e. The summed E-state index contributed by atoms with van der Waals surface area (Å²) in [5.41, 5.74) is 2.97. The molecule has 0 amide bonds. The van der Waals surface area contributed by atoms with Crippen molar-refractivity contribution in [1.29, 1.82) is 0 Å². The highest BCUT2D eigenvalue weighted by molar-refractivity contribution is 5.78. The number of hydrogen-bond acceptors (Lipinski definition) is 3. The average Bonchev–Trinajstić information content (AvgIpc) is 3.07. The zero-order valence-electron chi connectivity index (χ0n) is 28.2. The number of Topliss-reactive ketones (excluding diaryl/α,β-unsaturated/α-hetero) is 1. The molecule has 2 aromatic carbocycles. The van der Waals surface area contributed by atoms with E-state index in [1.54, 1.807) is 0 Å². The van der Waals surface area contributed by atoms with Crippen LogP contribution in [0, 0.1) is 11.8 Å². The van der Waals surface area contributed by atoms with Crippen molar-refractivity contribution in [2.24, 2.45) is 11.8 Å². The molecule has 44 heavy (non-hydrogen) atoms. The van der Waals surface area contributed by atoms with Crippen LogP contribution >= 0.6 is 0 Å². The van der Waals surface area contributed by atoms with Crippen LogP contribution in [-0.2, 0) is 4.79 Å². The van der Waals surface area contributed by atoms with Crippen LogP contribution < -0.4 is 9.47 Å². The average molecular weight is 603 g/mol.